The SMILES string of the molecule is CN(Cc1cc(C(F)(F)F)cc(C(F)(F)F)c1)C(=O)CC(CC(=O)O)c1ccc(Cl)c(Cl)c1. The number of hydrogen-bond acceptors (Lipinski definition) is 2. The largest absolute Gasteiger partial charge is 0.481 e. The molecule has 0 saturated heterocycles. The van der Waals surface area contributed by atoms with Crippen LogP contribution in [0.2, 0.25) is 10.0 Å². The molecule has 0 aromatic heterocycles. The van der Waals surface area contributed by atoms with E-state index in [-0.39, 0.29) is 28.1 Å². The minimum atomic E-state index is -5.01. The second-order valence-corrected chi connectivity index (χ2v) is 8.15. The minimum absolute atomic E-state index is 0.00150. The third kappa shape index (κ3) is 7.53. The number of rotatable bonds is 7. The molecular formula is C21H17Cl2F6NO3. The molecule has 1 atom stereocenters. The van der Waals surface area contributed by atoms with E-state index in [2.05, 4.69) is 0 Å². The molecule has 33 heavy (non-hydrogen) atoms. The van der Waals surface area contributed by atoms with Crippen molar-refractivity contribution in [3.63, 3.8) is 0 Å². The molecule has 0 bridgehead atoms. The molecule has 1 unspecified atom stereocenters. The highest BCUT2D eigenvalue weighted by Crippen LogP contribution is 2.37. The van der Waals surface area contributed by atoms with Crippen LogP contribution in [0.1, 0.15) is 41.0 Å². The molecule has 2 rings (SSSR count). The number of carboxylic acid groups (broad SMARTS) is 1. The van der Waals surface area contributed by atoms with Gasteiger partial charge in [-0.25, -0.2) is 0 Å². The van der Waals surface area contributed by atoms with Gasteiger partial charge in [-0.15, -0.1) is 0 Å². The van der Waals surface area contributed by atoms with Gasteiger partial charge in [-0.2, -0.15) is 26.3 Å². The second-order valence-electron chi connectivity index (χ2n) is 7.34. The summed E-state index contributed by atoms with van der Waals surface area (Å²) in [6, 6.07) is 5.37. The topological polar surface area (TPSA) is 57.6 Å². The summed E-state index contributed by atoms with van der Waals surface area (Å²) in [5.74, 6) is -2.74. The number of halogens is 8. The standard InChI is InChI=1S/C21H17Cl2F6NO3/c1-30(10-11-4-14(20(24,25)26)9-15(5-11)21(27,28)29)18(31)7-13(8-19(32)33)12-2-3-16(22)17(23)6-12/h2-6,9,13H,7-8,10H2,1H3,(H,32,33). The van der Waals surface area contributed by atoms with Crippen LogP contribution in [0.5, 0.6) is 0 Å². The number of carbonyl (C=O) groups excluding carboxylic acids is 1. The lowest BCUT2D eigenvalue weighted by molar-refractivity contribution is -0.143. The summed E-state index contributed by atoms with van der Waals surface area (Å²) in [6.45, 7) is -0.549. The fourth-order valence-corrected chi connectivity index (χ4v) is 3.43. The Hall–Kier alpha value is -2.46. The molecule has 0 saturated carbocycles. The van der Waals surface area contributed by atoms with Crippen LogP contribution in [-0.2, 0) is 28.5 Å². The zero-order chi connectivity index (χ0) is 25.1. The Morgan fingerprint density at radius 2 is 1.45 bits per heavy atom. The fourth-order valence-electron chi connectivity index (χ4n) is 3.12. The first-order valence-corrected chi connectivity index (χ1v) is 10.0. The molecule has 2 aromatic rings. The van der Waals surface area contributed by atoms with Gasteiger partial charge in [0, 0.05) is 25.9 Å². The molecule has 12 heteroatoms. The molecule has 0 fully saturated rings. The molecule has 1 N–H and O–H groups in total. The van der Waals surface area contributed by atoms with Gasteiger partial charge in [0.05, 0.1) is 27.6 Å². The lowest BCUT2D eigenvalue weighted by atomic mass is 9.92. The molecule has 4 nitrogen and oxygen atoms in total. The van der Waals surface area contributed by atoms with Crippen molar-refractivity contribution in [1.29, 1.82) is 0 Å². The smallest absolute Gasteiger partial charge is 0.416 e. The van der Waals surface area contributed by atoms with Crippen LogP contribution >= 0.6 is 23.2 Å². The molecule has 0 aliphatic carbocycles. The van der Waals surface area contributed by atoms with Crippen LogP contribution in [0.15, 0.2) is 36.4 Å². The van der Waals surface area contributed by atoms with Crippen molar-refractivity contribution in [2.24, 2.45) is 0 Å². The molecule has 2 aromatic carbocycles. The monoisotopic (exact) mass is 515 g/mol. The Morgan fingerprint density at radius 1 is 0.909 bits per heavy atom. The lowest BCUT2D eigenvalue weighted by Crippen LogP contribution is -2.28. The van der Waals surface area contributed by atoms with Gasteiger partial charge in [0.25, 0.3) is 0 Å². The number of amides is 1. The Morgan fingerprint density at radius 3 is 1.91 bits per heavy atom. The first kappa shape index (κ1) is 26.8. The normalized spacial score (nSPS) is 13.0. The minimum Gasteiger partial charge on any atom is -0.481 e. The first-order chi connectivity index (χ1) is 15.1. The van der Waals surface area contributed by atoms with Gasteiger partial charge < -0.3 is 10.0 Å². The predicted octanol–water partition coefficient (Wildman–Crippen LogP) is 6.64. The second kappa shape index (κ2) is 10.2. The molecule has 1 amide bonds. The van der Waals surface area contributed by atoms with Crippen molar-refractivity contribution in [3.05, 3.63) is 68.7 Å². The zero-order valence-corrected chi connectivity index (χ0v) is 18.4. The van der Waals surface area contributed by atoms with Crippen molar-refractivity contribution in [2.75, 3.05) is 7.05 Å². The number of alkyl halides is 6. The van der Waals surface area contributed by atoms with E-state index < -0.39 is 54.2 Å². The third-order valence-electron chi connectivity index (χ3n) is 4.75. The highest BCUT2D eigenvalue weighted by Gasteiger charge is 2.37. The quantitative estimate of drug-likeness (QED) is 0.420. The molecule has 180 valence electrons. The predicted molar refractivity (Wildman–Crippen MR) is 109 cm³/mol. The summed E-state index contributed by atoms with van der Waals surface area (Å²) < 4.78 is 78.3. The van der Waals surface area contributed by atoms with Crippen LogP contribution in [0.3, 0.4) is 0 Å². The molecular weight excluding hydrogens is 499 g/mol. The Bertz CT molecular complexity index is 1010. The summed E-state index contributed by atoms with van der Waals surface area (Å²) in [5, 5.41) is 9.52. The number of benzene rings is 2. The zero-order valence-electron chi connectivity index (χ0n) is 16.9. The van der Waals surface area contributed by atoms with Crippen molar-refractivity contribution in [2.45, 2.75) is 37.7 Å². The van der Waals surface area contributed by atoms with Gasteiger partial charge in [-0.1, -0.05) is 29.3 Å². The Labute approximate surface area is 194 Å². The van der Waals surface area contributed by atoms with Gasteiger partial charge >= 0.3 is 18.3 Å². The van der Waals surface area contributed by atoms with E-state index >= 15 is 0 Å². The van der Waals surface area contributed by atoms with Crippen molar-refractivity contribution >= 4 is 35.1 Å². The summed E-state index contributed by atoms with van der Waals surface area (Å²) in [7, 11) is 1.20. The van der Waals surface area contributed by atoms with Gasteiger partial charge in [-0.05, 0) is 41.5 Å². The van der Waals surface area contributed by atoms with Crippen molar-refractivity contribution in [3.8, 4) is 0 Å². The maximum Gasteiger partial charge on any atom is 0.416 e. The number of hydrogen-bond donors (Lipinski definition) is 1. The summed E-state index contributed by atoms with van der Waals surface area (Å²) in [4.78, 5) is 24.8. The lowest BCUT2D eigenvalue weighted by Gasteiger charge is -2.22. The highest BCUT2D eigenvalue weighted by atomic mass is 35.5. The average Bonchev–Trinajstić information content (AvgIpc) is 2.67. The number of nitrogens with zero attached hydrogens (tertiary/aromatic N) is 1. The fraction of sp³-hybridized carbons (Fsp3) is 0.333. The molecule has 0 radical (unpaired) electrons. The van der Waals surface area contributed by atoms with E-state index in [9.17, 15) is 41.0 Å². The number of carbonyl (C=O) groups is 2. The Balaban J connectivity index is 2.27. The van der Waals surface area contributed by atoms with E-state index in [0.29, 0.717) is 17.7 Å². The Kier molecular flexibility index (Phi) is 8.29. The summed E-state index contributed by atoms with van der Waals surface area (Å²) in [6.07, 6.45) is -10.9. The molecule has 0 spiro atoms. The summed E-state index contributed by atoms with van der Waals surface area (Å²) in [5.41, 5.74) is -2.97. The van der Waals surface area contributed by atoms with Crippen LogP contribution in [0.25, 0.3) is 0 Å². The van der Waals surface area contributed by atoms with E-state index in [4.69, 9.17) is 23.2 Å². The third-order valence-corrected chi connectivity index (χ3v) is 5.49. The maximum atomic E-state index is 13.1. The average molecular weight is 516 g/mol. The van der Waals surface area contributed by atoms with Crippen molar-refractivity contribution in [1.82, 2.24) is 4.90 Å². The molecule has 0 aliphatic rings. The van der Waals surface area contributed by atoms with Crippen LogP contribution in [-0.4, -0.2) is 28.9 Å². The van der Waals surface area contributed by atoms with Crippen molar-refractivity contribution < 1.29 is 41.0 Å². The maximum absolute atomic E-state index is 13.1. The number of carboxylic acids is 1. The van der Waals surface area contributed by atoms with E-state index in [1.807, 2.05) is 0 Å². The van der Waals surface area contributed by atoms with Gasteiger partial charge in [0.15, 0.2) is 0 Å². The summed E-state index contributed by atoms with van der Waals surface area (Å²) >= 11 is 11.8. The van der Waals surface area contributed by atoms with E-state index in [0.717, 1.165) is 4.90 Å². The van der Waals surface area contributed by atoms with E-state index in [1.165, 1.54) is 25.2 Å². The van der Waals surface area contributed by atoms with Gasteiger partial charge in [-0.3, -0.25) is 9.59 Å². The first-order valence-electron chi connectivity index (χ1n) is 9.27. The van der Waals surface area contributed by atoms with Crippen LogP contribution in [0.4, 0.5) is 26.3 Å². The van der Waals surface area contributed by atoms with Gasteiger partial charge in [0.2, 0.25) is 5.91 Å². The van der Waals surface area contributed by atoms with E-state index in [1.54, 1.807) is 0 Å². The molecule has 0 aliphatic heterocycles. The van der Waals surface area contributed by atoms with Crippen LogP contribution < -0.4 is 0 Å². The highest BCUT2D eigenvalue weighted by molar-refractivity contribution is 6.42. The van der Waals surface area contributed by atoms with Gasteiger partial charge in [0.1, 0.15) is 0 Å². The number of aliphatic carboxylic acids is 1. The molecule has 0 heterocycles. The van der Waals surface area contributed by atoms with Crippen LogP contribution in [0, 0.1) is 0 Å².